The van der Waals surface area contributed by atoms with Crippen molar-refractivity contribution >= 4 is 11.8 Å². The first-order valence-electron chi connectivity index (χ1n) is 4.39. The number of hydrogen-bond acceptors (Lipinski definition) is 3. The molecule has 0 spiro atoms. The molecule has 70 valence electrons. The van der Waals surface area contributed by atoms with Crippen LogP contribution in [0.3, 0.4) is 0 Å². The molecule has 14 heavy (non-hydrogen) atoms. The van der Waals surface area contributed by atoms with E-state index < -0.39 is 0 Å². The van der Waals surface area contributed by atoms with Crippen LogP contribution in [-0.2, 0) is 5.75 Å². The molecule has 0 atom stereocenters. The largest absolute Gasteiger partial charge is 0.158 e. The summed E-state index contributed by atoms with van der Waals surface area (Å²) in [6.45, 7) is 0. The van der Waals surface area contributed by atoms with Gasteiger partial charge in [-0.25, -0.2) is 0 Å². The van der Waals surface area contributed by atoms with Crippen LogP contribution in [0.4, 0.5) is 0 Å². The van der Waals surface area contributed by atoms with Crippen LogP contribution in [0, 0.1) is 0 Å². The van der Waals surface area contributed by atoms with Crippen molar-refractivity contribution in [2.45, 2.75) is 10.8 Å². The van der Waals surface area contributed by atoms with Gasteiger partial charge in [0.1, 0.15) is 5.03 Å². The third-order valence-corrected chi connectivity index (χ3v) is 2.77. The van der Waals surface area contributed by atoms with Gasteiger partial charge in [0.15, 0.2) is 0 Å². The predicted octanol–water partition coefficient (Wildman–Crippen LogP) is 2.77. The lowest BCUT2D eigenvalue weighted by Crippen LogP contribution is -1.84. The zero-order valence-corrected chi connectivity index (χ0v) is 8.45. The van der Waals surface area contributed by atoms with Crippen molar-refractivity contribution in [1.82, 2.24) is 10.2 Å². The molecule has 0 aliphatic carbocycles. The molecule has 0 aliphatic rings. The maximum Gasteiger partial charge on any atom is 0.119 e. The molecule has 0 saturated carbocycles. The lowest BCUT2D eigenvalue weighted by Gasteiger charge is -1.99. The molecule has 0 radical (unpaired) electrons. The van der Waals surface area contributed by atoms with Gasteiger partial charge >= 0.3 is 0 Å². The number of benzene rings is 1. The second-order valence-electron chi connectivity index (χ2n) is 2.84. The van der Waals surface area contributed by atoms with Gasteiger partial charge in [-0.1, -0.05) is 42.1 Å². The molecule has 0 bridgehead atoms. The van der Waals surface area contributed by atoms with Crippen LogP contribution in [0.1, 0.15) is 5.56 Å². The van der Waals surface area contributed by atoms with Gasteiger partial charge in [-0.05, 0) is 17.7 Å². The Morgan fingerprint density at radius 2 is 1.86 bits per heavy atom. The summed E-state index contributed by atoms with van der Waals surface area (Å²) in [6.07, 6.45) is 1.69. The van der Waals surface area contributed by atoms with Gasteiger partial charge in [0.2, 0.25) is 0 Å². The summed E-state index contributed by atoms with van der Waals surface area (Å²) in [5.41, 5.74) is 1.31. The van der Waals surface area contributed by atoms with E-state index >= 15 is 0 Å². The highest BCUT2D eigenvalue weighted by molar-refractivity contribution is 7.98. The highest BCUT2D eigenvalue weighted by Gasteiger charge is 1.95. The second kappa shape index (κ2) is 4.77. The van der Waals surface area contributed by atoms with E-state index in [0.29, 0.717) is 0 Å². The number of hydrogen-bond donors (Lipinski definition) is 0. The summed E-state index contributed by atoms with van der Waals surface area (Å²) >= 11 is 1.70. The Morgan fingerprint density at radius 3 is 2.57 bits per heavy atom. The van der Waals surface area contributed by atoms with Crippen LogP contribution >= 0.6 is 11.8 Å². The smallest absolute Gasteiger partial charge is 0.119 e. The third kappa shape index (κ3) is 2.57. The topological polar surface area (TPSA) is 25.8 Å². The second-order valence-corrected chi connectivity index (χ2v) is 3.83. The van der Waals surface area contributed by atoms with E-state index in [1.165, 1.54) is 5.56 Å². The Labute approximate surface area is 87.4 Å². The Kier molecular flexibility index (Phi) is 3.14. The van der Waals surface area contributed by atoms with Gasteiger partial charge in [0.05, 0.1) is 0 Å². The Morgan fingerprint density at radius 1 is 1.00 bits per heavy atom. The summed E-state index contributed by atoms with van der Waals surface area (Å²) in [7, 11) is 0. The minimum atomic E-state index is 0.944. The molecule has 1 aromatic carbocycles. The molecule has 2 aromatic rings. The fraction of sp³-hybridized carbons (Fsp3) is 0.0909. The Hall–Kier alpha value is -1.35. The van der Waals surface area contributed by atoms with Crippen LogP contribution < -0.4 is 0 Å². The molecule has 0 saturated heterocycles. The molecule has 1 heterocycles. The monoisotopic (exact) mass is 202 g/mol. The summed E-state index contributed by atoms with van der Waals surface area (Å²) in [6, 6.07) is 14.2. The quantitative estimate of drug-likeness (QED) is 0.716. The third-order valence-electron chi connectivity index (χ3n) is 1.78. The molecular formula is C11H10N2S. The first-order valence-corrected chi connectivity index (χ1v) is 5.38. The van der Waals surface area contributed by atoms with E-state index in [2.05, 4.69) is 22.3 Å². The fourth-order valence-electron chi connectivity index (χ4n) is 1.10. The van der Waals surface area contributed by atoms with Gasteiger partial charge < -0.3 is 0 Å². The fourth-order valence-corrected chi connectivity index (χ4v) is 1.88. The lowest BCUT2D eigenvalue weighted by atomic mass is 10.2. The van der Waals surface area contributed by atoms with E-state index in [9.17, 15) is 0 Å². The Bertz CT molecular complexity index is 336. The maximum atomic E-state index is 4.01. The minimum absolute atomic E-state index is 0.944. The molecule has 3 heteroatoms. The average Bonchev–Trinajstić information content (AvgIpc) is 2.29. The first kappa shape index (κ1) is 9.21. The standard InChI is InChI=1S/C11H10N2S/c1-2-5-10(6-3-1)9-14-11-7-4-8-12-13-11/h1-8H,9H2. The first-order chi connectivity index (χ1) is 6.95. The molecular weight excluding hydrogens is 192 g/mol. The van der Waals surface area contributed by atoms with E-state index in [0.717, 1.165) is 10.8 Å². The van der Waals surface area contributed by atoms with E-state index in [1.54, 1.807) is 18.0 Å². The molecule has 0 amide bonds. The van der Waals surface area contributed by atoms with Crippen LogP contribution in [0.2, 0.25) is 0 Å². The zero-order valence-electron chi connectivity index (χ0n) is 7.63. The molecule has 2 nitrogen and oxygen atoms in total. The minimum Gasteiger partial charge on any atom is -0.158 e. The van der Waals surface area contributed by atoms with E-state index in [1.807, 2.05) is 30.3 Å². The molecule has 0 unspecified atom stereocenters. The number of thioether (sulfide) groups is 1. The van der Waals surface area contributed by atoms with Crippen LogP contribution in [-0.4, -0.2) is 10.2 Å². The molecule has 0 N–H and O–H groups in total. The van der Waals surface area contributed by atoms with Crippen molar-refractivity contribution in [3.63, 3.8) is 0 Å². The van der Waals surface area contributed by atoms with Gasteiger partial charge in [-0.15, -0.1) is 5.10 Å². The van der Waals surface area contributed by atoms with Crippen LogP contribution in [0.25, 0.3) is 0 Å². The Balaban J connectivity index is 1.96. The summed E-state index contributed by atoms with van der Waals surface area (Å²) < 4.78 is 0. The SMILES string of the molecule is c1ccc(CSc2cccnn2)cc1. The van der Waals surface area contributed by atoms with E-state index in [4.69, 9.17) is 0 Å². The van der Waals surface area contributed by atoms with Gasteiger partial charge in [0, 0.05) is 11.9 Å². The van der Waals surface area contributed by atoms with Gasteiger partial charge in [-0.3, -0.25) is 0 Å². The maximum absolute atomic E-state index is 4.01. The van der Waals surface area contributed by atoms with Crippen molar-refractivity contribution in [2.75, 3.05) is 0 Å². The van der Waals surface area contributed by atoms with Crippen LogP contribution in [0.15, 0.2) is 53.7 Å². The number of nitrogens with zero attached hydrogens (tertiary/aromatic N) is 2. The average molecular weight is 202 g/mol. The van der Waals surface area contributed by atoms with Crippen molar-refractivity contribution in [3.8, 4) is 0 Å². The highest BCUT2D eigenvalue weighted by atomic mass is 32.2. The van der Waals surface area contributed by atoms with E-state index in [-0.39, 0.29) is 0 Å². The molecule has 0 fully saturated rings. The molecule has 1 aromatic heterocycles. The van der Waals surface area contributed by atoms with Crippen molar-refractivity contribution < 1.29 is 0 Å². The molecule has 2 rings (SSSR count). The van der Waals surface area contributed by atoms with Crippen LogP contribution in [0.5, 0.6) is 0 Å². The van der Waals surface area contributed by atoms with Crippen molar-refractivity contribution in [1.29, 1.82) is 0 Å². The number of aromatic nitrogens is 2. The predicted molar refractivity (Wildman–Crippen MR) is 58.0 cm³/mol. The summed E-state index contributed by atoms with van der Waals surface area (Å²) in [5.74, 6) is 0.944. The van der Waals surface area contributed by atoms with Gasteiger partial charge in [-0.2, -0.15) is 5.10 Å². The normalized spacial score (nSPS) is 10.0. The molecule has 0 aliphatic heterocycles. The number of rotatable bonds is 3. The van der Waals surface area contributed by atoms with Gasteiger partial charge in [0.25, 0.3) is 0 Å². The summed E-state index contributed by atoms with van der Waals surface area (Å²) in [5, 5.41) is 8.80. The highest BCUT2D eigenvalue weighted by Crippen LogP contribution is 2.18. The lowest BCUT2D eigenvalue weighted by molar-refractivity contribution is 0.929. The van der Waals surface area contributed by atoms with Crippen molar-refractivity contribution in [3.05, 3.63) is 54.2 Å². The zero-order chi connectivity index (χ0) is 9.64. The summed E-state index contributed by atoms with van der Waals surface area (Å²) in [4.78, 5) is 0. The van der Waals surface area contributed by atoms with Crippen molar-refractivity contribution in [2.24, 2.45) is 0 Å².